The summed E-state index contributed by atoms with van der Waals surface area (Å²) < 4.78 is 16.4. The third-order valence-electron chi connectivity index (χ3n) is 4.18. The molecule has 1 atom stereocenters. The van der Waals surface area contributed by atoms with Crippen molar-refractivity contribution in [1.29, 1.82) is 0 Å². The van der Waals surface area contributed by atoms with Crippen LogP contribution in [0.1, 0.15) is 35.2 Å². The molecule has 5 nitrogen and oxygen atoms in total. The fraction of sp³-hybridized carbons (Fsp3) is 0.286. The monoisotopic (exact) mass is 354 g/mol. The standard InChI is InChI=1S/C21H22O5/c1-24-17-10-11-18(20(23)14-17)19(22)12-7-15-5-8-16(9-6-15)26-21-4-2-3-13-25-21/h5-12,14,21,23H,2-4,13H2,1H3/b12-7+. The molecule has 26 heavy (non-hydrogen) atoms. The van der Waals surface area contributed by atoms with Crippen LogP contribution in [-0.2, 0) is 4.74 Å². The zero-order valence-corrected chi connectivity index (χ0v) is 14.7. The van der Waals surface area contributed by atoms with Gasteiger partial charge in [-0.15, -0.1) is 0 Å². The number of hydrogen-bond donors (Lipinski definition) is 1. The molecule has 1 fully saturated rings. The van der Waals surface area contributed by atoms with Gasteiger partial charge in [-0.25, -0.2) is 0 Å². The lowest BCUT2D eigenvalue weighted by Crippen LogP contribution is -2.24. The molecule has 1 N–H and O–H groups in total. The minimum Gasteiger partial charge on any atom is -0.507 e. The minimum absolute atomic E-state index is 0.102. The van der Waals surface area contributed by atoms with E-state index in [4.69, 9.17) is 14.2 Å². The molecule has 2 aromatic rings. The molecule has 0 bridgehead atoms. The third-order valence-corrected chi connectivity index (χ3v) is 4.18. The Morgan fingerprint density at radius 2 is 1.92 bits per heavy atom. The van der Waals surface area contributed by atoms with Crippen molar-refractivity contribution in [3.63, 3.8) is 0 Å². The van der Waals surface area contributed by atoms with Gasteiger partial charge in [0, 0.05) is 12.5 Å². The maximum Gasteiger partial charge on any atom is 0.199 e. The number of hydrogen-bond acceptors (Lipinski definition) is 5. The Balaban J connectivity index is 1.61. The summed E-state index contributed by atoms with van der Waals surface area (Å²) in [7, 11) is 1.50. The van der Waals surface area contributed by atoms with E-state index in [0.29, 0.717) is 5.75 Å². The highest BCUT2D eigenvalue weighted by molar-refractivity contribution is 6.08. The Hall–Kier alpha value is -2.79. The number of carbonyl (C=O) groups is 1. The zero-order valence-electron chi connectivity index (χ0n) is 14.7. The van der Waals surface area contributed by atoms with Gasteiger partial charge >= 0.3 is 0 Å². The smallest absolute Gasteiger partial charge is 0.199 e. The molecule has 0 saturated carbocycles. The van der Waals surface area contributed by atoms with Crippen molar-refractivity contribution < 1.29 is 24.1 Å². The Labute approximate surface area is 152 Å². The first-order valence-corrected chi connectivity index (χ1v) is 8.63. The highest BCUT2D eigenvalue weighted by Crippen LogP contribution is 2.24. The summed E-state index contributed by atoms with van der Waals surface area (Å²) in [6, 6.07) is 12.0. The van der Waals surface area contributed by atoms with Crippen molar-refractivity contribution in [3.8, 4) is 17.2 Å². The molecular weight excluding hydrogens is 332 g/mol. The molecule has 0 spiro atoms. The summed E-state index contributed by atoms with van der Waals surface area (Å²) in [4.78, 5) is 12.2. The van der Waals surface area contributed by atoms with Gasteiger partial charge in [0.1, 0.15) is 17.2 Å². The topological polar surface area (TPSA) is 65.0 Å². The van der Waals surface area contributed by atoms with Gasteiger partial charge in [0.05, 0.1) is 19.3 Å². The maximum atomic E-state index is 12.2. The van der Waals surface area contributed by atoms with Crippen molar-refractivity contribution in [2.24, 2.45) is 0 Å². The van der Waals surface area contributed by atoms with E-state index in [1.165, 1.54) is 19.3 Å². The SMILES string of the molecule is COc1ccc(C(=O)/C=C/c2ccc(OC3CCCCO3)cc2)c(O)c1. The highest BCUT2D eigenvalue weighted by Gasteiger charge is 2.15. The van der Waals surface area contributed by atoms with E-state index in [9.17, 15) is 9.90 Å². The van der Waals surface area contributed by atoms with E-state index in [2.05, 4.69) is 0 Å². The van der Waals surface area contributed by atoms with Gasteiger partial charge < -0.3 is 19.3 Å². The van der Waals surface area contributed by atoms with E-state index in [1.807, 2.05) is 24.3 Å². The lowest BCUT2D eigenvalue weighted by molar-refractivity contribution is -0.105. The van der Waals surface area contributed by atoms with Crippen molar-refractivity contribution >= 4 is 11.9 Å². The van der Waals surface area contributed by atoms with E-state index in [-0.39, 0.29) is 23.4 Å². The molecular formula is C21H22O5. The average Bonchev–Trinajstić information content (AvgIpc) is 2.68. The summed E-state index contributed by atoms with van der Waals surface area (Å²) in [5, 5.41) is 9.92. The first kappa shape index (κ1) is 18.0. The molecule has 1 unspecified atom stereocenters. The van der Waals surface area contributed by atoms with Gasteiger partial charge in [-0.2, -0.15) is 0 Å². The lowest BCUT2D eigenvalue weighted by atomic mass is 10.1. The molecule has 5 heteroatoms. The van der Waals surface area contributed by atoms with Crippen molar-refractivity contribution in [2.75, 3.05) is 13.7 Å². The van der Waals surface area contributed by atoms with Crippen LogP contribution >= 0.6 is 0 Å². The largest absolute Gasteiger partial charge is 0.507 e. The number of phenolic OH excluding ortho intramolecular Hbond substituents is 1. The zero-order chi connectivity index (χ0) is 18.4. The first-order valence-electron chi connectivity index (χ1n) is 8.63. The fourth-order valence-corrected chi connectivity index (χ4v) is 2.72. The van der Waals surface area contributed by atoms with Crippen molar-refractivity contribution in [1.82, 2.24) is 0 Å². The summed E-state index contributed by atoms with van der Waals surface area (Å²) in [5.41, 5.74) is 1.10. The van der Waals surface area contributed by atoms with E-state index in [0.717, 1.165) is 37.2 Å². The van der Waals surface area contributed by atoms with Crippen molar-refractivity contribution in [3.05, 3.63) is 59.7 Å². The lowest BCUT2D eigenvalue weighted by Gasteiger charge is -2.23. The average molecular weight is 354 g/mol. The Morgan fingerprint density at radius 3 is 2.58 bits per heavy atom. The van der Waals surface area contributed by atoms with Gasteiger partial charge in [0.15, 0.2) is 12.1 Å². The molecule has 1 aliphatic heterocycles. The fourth-order valence-electron chi connectivity index (χ4n) is 2.72. The van der Waals surface area contributed by atoms with E-state index < -0.39 is 0 Å². The van der Waals surface area contributed by atoms with Crippen LogP contribution in [-0.4, -0.2) is 30.9 Å². The molecule has 1 aliphatic rings. The number of ketones is 1. The predicted octanol–water partition coefficient (Wildman–Crippen LogP) is 4.20. The minimum atomic E-state index is -0.277. The second kappa shape index (κ2) is 8.54. The van der Waals surface area contributed by atoms with Crippen LogP contribution in [0, 0.1) is 0 Å². The number of benzene rings is 2. The quantitative estimate of drug-likeness (QED) is 0.622. The first-order chi connectivity index (χ1) is 12.7. The second-order valence-corrected chi connectivity index (χ2v) is 6.06. The Morgan fingerprint density at radius 1 is 1.15 bits per heavy atom. The van der Waals surface area contributed by atoms with Crippen LogP contribution in [0.2, 0.25) is 0 Å². The molecule has 0 radical (unpaired) electrons. The van der Waals surface area contributed by atoms with Gasteiger partial charge in [0.2, 0.25) is 0 Å². The molecule has 136 valence electrons. The normalized spacial score (nSPS) is 17.2. The molecule has 1 heterocycles. The highest BCUT2D eigenvalue weighted by atomic mass is 16.7. The number of rotatable bonds is 6. The van der Waals surface area contributed by atoms with Crippen LogP contribution in [0.5, 0.6) is 17.2 Å². The number of carbonyl (C=O) groups excluding carboxylic acids is 1. The van der Waals surface area contributed by atoms with Crippen LogP contribution in [0.25, 0.3) is 6.08 Å². The van der Waals surface area contributed by atoms with Crippen LogP contribution < -0.4 is 9.47 Å². The summed E-state index contributed by atoms with van der Waals surface area (Å²) in [6.45, 7) is 0.742. The number of phenols is 1. The van der Waals surface area contributed by atoms with Crippen LogP contribution in [0.15, 0.2) is 48.5 Å². The third kappa shape index (κ3) is 4.64. The Bertz CT molecular complexity index is 773. The number of methoxy groups -OCH3 is 1. The van der Waals surface area contributed by atoms with Gasteiger partial charge in [-0.1, -0.05) is 18.2 Å². The molecule has 0 aliphatic carbocycles. The van der Waals surface area contributed by atoms with Crippen LogP contribution in [0.4, 0.5) is 0 Å². The number of allylic oxidation sites excluding steroid dienone is 1. The van der Waals surface area contributed by atoms with E-state index in [1.54, 1.807) is 18.2 Å². The van der Waals surface area contributed by atoms with Crippen molar-refractivity contribution in [2.45, 2.75) is 25.6 Å². The Kier molecular flexibility index (Phi) is 5.92. The number of ether oxygens (including phenoxy) is 3. The van der Waals surface area contributed by atoms with Gasteiger partial charge in [0.25, 0.3) is 0 Å². The molecule has 1 saturated heterocycles. The van der Waals surface area contributed by atoms with Crippen LogP contribution in [0.3, 0.4) is 0 Å². The molecule has 0 aromatic heterocycles. The molecule has 0 amide bonds. The summed E-state index contributed by atoms with van der Waals surface area (Å²) in [5.74, 6) is 0.866. The van der Waals surface area contributed by atoms with Gasteiger partial charge in [-0.3, -0.25) is 4.79 Å². The molecule has 3 rings (SSSR count). The number of aromatic hydroxyl groups is 1. The second-order valence-electron chi connectivity index (χ2n) is 6.06. The summed E-state index contributed by atoms with van der Waals surface area (Å²) >= 11 is 0. The van der Waals surface area contributed by atoms with E-state index >= 15 is 0 Å². The summed E-state index contributed by atoms with van der Waals surface area (Å²) in [6.07, 6.45) is 6.06. The predicted molar refractivity (Wildman–Crippen MR) is 98.7 cm³/mol. The maximum absolute atomic E-state index is 12.2. The molecule has 2 aromatic carbocycles. The van der Waals surface area contributed by atoms with Gasteiger partial charge in [-0.05, 0) is 48.7 Å².